The third kappa shape index (κ3) is 4.07. The zero-order valence-electron chi connectivity index (χ0n) is 14.9. The summed E-state index contributed by atoms with van der Waals surface area (Å²) < 4.78 is 12.5. The fourth-order valence-electron chi connectivity index (χ4n) is 2.62. The van der Waals surface area contributed by atoms with Gasteiger partial charge in [0, 0.05) is 18.5 Å². The molecule has 1 aliphatic rings. The highest BCUT2D eigenvalue weighted by Gasteiger charge is 2.30. The number of carbonyl (C=O) groups is 1. The van der Waals surface area contributed by atoms with Crippen molar-refractivity contribution in [1.82, 2.24) is 14.8 Å². The molecular formula is C17H21ClN4O3S. The molecule has 9 heteroatoms. The van der Waals surface area contributed by atoms with Crippen LogP contribution in [0.25, 0.3) is 0 Å². The van der Waals surface area contributed by atoms with E-state index in [1.165, 1.54) is 38.8 Å². The number of nitrogens with zero attached hydrogens (tertiary/aromatic N) is 3. The van der Waals surface area contributed by atoms with Crippen molar-refractivity contribution < 1.29 is 14.3 Å². The molecule has 1 aliphatic carbocycles. The summed E-state index contributed by atoms with van der Waals surface area (Å²) in [6.45, 7) is 2.86. The van der Waals surface area contributed by atoms with Gasteiger partial charge in [0.15, 0.2) is 5.16 Å². The molecule has 140 valence electrons. The van der Waals surface area contributed by atoms with Crippen LogP contribution in [0.5, 0.6) is 11.5 Å². The number of hydrogen-bond acceptors (Lipinski definition) is 6. The molecule has 26 heavy (non-hydrogen) atoms. The summed E-state index contributed by atoms with van der Waals surface area (Å²) in [4.78, 5) is 12.4. The number of aromatic nitrogens is 3. The smallest absolute Gasteiger partial charge is 0.234 e. The SMILES string of the molecule is CCn1c(SCC(=O)Nc2cc(Cl)c(OC)cc2OC)nnc1C1CC1. The number of hydrogen-bond donors (Lipinski definition) is 1. The third-order valence-corrected chi connectivity index (χ3v) is 5.35. The van der Waals surface area contributed by atoms with Gasteiger partial charge in [0.05, 0.1) is 30.7 Å². The number of thioether (sulfide) groups is 1. The maximum atomic E-state index is 12.4. The largest absolute Gasteiger partial charge is 0.495 e. The Morgan fingerprint density at radius 2 is 2.04 bits per heavy atom. The first-order valence-corrected chi connectivity index (χ1v) is 9.71. The van der Waals surface area contributed by atoms with Crippen LogP contribution in [0.15, 0.2) is 17.3 Å². The van der Waals surface area contributed by atoms with E-state index >= 15 is 0 Å². The predicted molar refractivity (Wildman–Crippen MR) is 102 cm³/mol. The molecule has 0 spiro atoms. The molecule has 1 aromatic heterocycles. The lowest BCUT2D eigenvalue weighted by atomic mass is 10.2. The number of rotatable bonds is 8. The summed E-state index contributed by atoms with van der Waals surface area (Å²) in [5, 5.41) is 12.5. The predicted octanol–water partition coefficient (Wildman–Crippen LogP) is 3.58. The molecule has 1 heterocycles. The molecule has 1 amide bonds. The van der Waals surface area contributed by atoms with Crippen molar-refractivity contribution in [3.8, 4) is 11.5 Å². The van der Waals surface area contributed by atoms with Gasteiger partial charge in [-0.2, -0.15) is 0 Å². The Bertz CT molecular complexity index is 808. The summed E-state index contributed by atoms with van der Waals surface area (Å²) >= 11 is 7.50. The fourth-order valence-corrected chi connectivity index (χ4v) is 3.67. The number of nitrogens with one attached hydrogen (secondary N) is 1. The molecule has 0 saturated heterocycles. The molecule has 0 atom stereocenters. The van der Waals surface area contributed by atoms with E-state index in [0.717, 1.165) is 17.5 Å². The molecule has 1 saturated carbocycles. The Hall–Kier alpha value is -1.93. The molecule has 1 N–H and O–H groups in total. The van der Waals surface area contributed by atoms with Crippen LogP contribution < -0.4 is 14.8 Å². The first kappa shape index (κ1) is 18.8. The van der Waals surface area contributed by atoms with E-state index in [2.05, 4.69) is 27.0 Å². The van der Waals surface area contributed by atoms with Crippen molar-refractivity contribution in [3.63, 3.8) is 0 Å². The van der Waals surface area contributed by atoms with E-state index in [1.54, 1.807) is 12.1 Å². The third-order valence-electron chi connectivity index (χ3n) is 4.08. The van der Waals surface area contributed by atoms with Gasteiger partial charge >= 0.3 is 0 Å². The summed E-state index contributed by atoms with van der Waals surface area (Å²) in [6, 6.07) is 3.25. The molecule has 0 radical (unpaired) electrons. The second-order valence-electron chi connectivity index (χ2n) is 5.88. The van der Waals surface area contributed by atoms with E-state index in [9.17, 15) is 4.79 Å². The van der Waals surface area contributed by atoms with Crippen LogP contribution in [-0.2, 0) is 11.3 Å². The number of halogens is 1. The van der Waals surface area contributed by atoms with Crippen molar-refractivity contribution in [3.05, 3.63) is 23.0 Å². The normalized spacial score (nSPS) is 13.5. The standard InChI is InChI=1S/C17H21ClN4O3S/c1-4-22-16(10-5-6-10)20-21-17(22)26-9-15(23)19-12-7-11(18)13(24-2)8-14(12)25-3/h7-8,10H,4-6,9H2,1-3H3,(H,19,23). The van der Waals surface area contributed by atoms with E-state index in [4.69, 9.17) is 21.1 Å². The quantitative estimate of drug-likeness (QED) is 0.687. The van der Waals surface area contributed by atoms with Gasteiger partial charge in [-0.05, 0) is 25.8 Å². The first-order chi connectivity index (χ1) is 12.6. The second-order valence-corrected chi connectivity index (χ2v) is 7.23. The maximum absolute atomic E-state index is 12.4. The van der Waals surface area contributed by atoms with Crippen molar-refractivity contribution in [2.45, 2.75) is 37.4 Å². The van der Waals surface area contributed by atoms with Gasteiger partial charge in [0.1, 0.15) is 17.3 Å². The molecule has 7 nitrogen and oxygen atoms in total. The lowest BCUT2D eigenvalue weighted by Crippen LogP contribution is -2.15. The molecule has 1 fully saturated rings. The van der Waals surface area contributed by atoms with Crippen molar-refractivity contribution >= 4 is 35.0 Å². The van der Waals surface area contributed by atoms with Gasteiger partial charge < -0.3 is 19.4 Å². The van der Waals surface area contributed by atoms with E-state index in [0.29, 0.717) is 28.1 Å². The highest BCUT2D eigenvalue weighted by atomic mass is 35.5. The lowest BCUT2D eigenvalue weighted by molar-refractivity contribution is -0.113. The Morgan fingerprint density at radius 1 is 1.31 bits per heavy atom. The summed E-state index contributed by atoms with van der Waals surface area (Å²) in [7, 11) is 3.05. The molecule has 0 aliphatic heterocycles. The average molecular weight is 397 g/mol. The van der Waals surface area contributed by atoms with Crippen LogP contribution in [0.2, 0.25) is 5.02 Å². The lowest BCUT2D eigenvalue weighted by Gasteiger charge is -2.13. The molecule has 1 aromatic carbocycles. The minimum absolute atomic E-state index is 0.173. The van der Waals surface area contributed by atoms with Crippen LogP contribution in [0, 0.1) is 0 Å². The van der Waals surface area contributed by atoms with Crippen LogP contribution in [0.4, 0.5) is 5.69 Å². The Kier molecular flexibility index (Phi) is 5.93. The number of benzene rings is 1. The van der Waals surface area contributed by atoms with E-state index in [-0.39, 0.29) is 11.7 Å². The Balaban J connectivity index is 1.65. The highest BCUT2D eigenvalue weighted by molar-refractivity contribution is 7.99. The Morgan fingerprint density at radius 3 is 2.65 bits per heavy atom. The topological polar surface area (TPSA) is 78.3 Å². The van der Waals surface area contributed by atoms with Crippen LogP contribution >= 0.6 is 23.4 Å². The average Bonchev–Trinajstić information content (AvgIpc) is 3.40. The van der Waals surface area contributed by atoms with Crippen LogP contribution in [-0.4, -0.2) is 40.6 Å². The molecule has 2 aromatic rings. The minimum atomic E-state index is -0.173. The minimum Gasteiger partial charge on any atom is -0.495 e. The summed E-state index contributed by atoms with van der Waals surface area (Å²) in [5.74, 6) is 2.57. The number of ether oxygens (including phenoxy) is 2. The van der Waals surface area contributed by atoms with Gasteiger partial charge in [-0.25, -0.2) is 0 Å². The zero-order chi connectivity index (χ0) is 18.7. The first-order valence-electron chi connectivity index (χ1n) is 8.34. The molecule has 0 bridgehead atoms. The molecular weight excluding hydrogens is 376 g/mol. The van der Waals surface area contributed by atoms with E-state index in [1.807, 2.05) is 0 Å². The van der Waals surface area contributed by atoms with E-state index < -0.39 is 0 Å². The maximum Gasteiger partial charge on any atom is 0.234 e. The van der Waals surface area contributed by atoms with Crippen molar-refractivity contribution in [1.29, 1.82) is 0 Å². The summed E-state index contributed by atoms with van der Waals surface area (Å²) in [6.07, 6.45) is 2.34. The fraction of sp³-hybridized carbons (Fsp3) is 0.471. The highest BCUT2D eigenvalue weighted by Crippen LogP contribution is 2.40. The molecule has 3 rings (SSSR count). The van der Waals surface area contributed by atoms with Gasteiger partial charge in [0.25, 0.3) is 0 Å². The van der Waals surface area contributed by atoms with Gasteiger partial charge in [0.2, 0.25) is 5.91 Å². The van der Waals surface area contributed by atoms with Crippen LogP contribution in [0.3, 0.4) is 0 Å². The number of amides is 1. The second kappa shape index (κ2) is 8.18. The zero-order valence-corrected chi connectivity index (χ0v) is 16.5. The van der Waals surface area contributed by atoms with Crippen molar-refractivity contribution in [2.75, 3.05) is 25.3 Å². The monoisotopic (exact) mass is 396 g/mol. The van der Waals surface area contributed by atoms with Gasteiger partial charge in [-0.1, -0.05) is 23.4 Å². The van der Waals surface area contributed by atoms with Crippen molar-refractivity contribution in [2.24, 2.45) is 0 Å². The summed E-state index contributed by atoms with van der Waals surface area (Å²) in [5.41, 5.74) is 0.500. The van der Waals surface area contributed by atoms with Gasteiger partial charge in [-0.3, -0.25) is 4.79 Å². The van der Waals surface area contributed by atoms with Gasteiger partial charge in [-0.15, -0.1) is 10.2 Å². The Labute approximate surface area is 161 Å². The molecule has 0 unspecified atom stereocenters. The van der Waals surface area contributed by atoms with Crippen LogP contribution in [0.1, 0.15) is 31.5 Å². The number of anilines is 1. The number of methoxy groups -OCH3 is 2. The number of carbonyl (C=O) groups excluding carboxylic acids is 1.